The summed E-state index contributed by atoms with van der Waals surface area (Å²) in [5.41, 5.74) is 1.40. The van der Waals surface area contributed by atoms with Crippen molar-refractivity contribution in [1.82, 2.24) is 10.2 Å². The predicted octanol–water partition coefficient (Wildman–Crippen LogP) is 3.63. The summed E-state index contributed by atoms with van der Waals surface area (Å²) in [7, 11) is 0. The molecule has 0 bridgehead atoms. The van der Waals surface area contributed by atoms with Gasteiger partial charge in [-0.2, -0.15) is 0 Å². The smallest absolute Gasteiger partial charge is 0.226 e. The Hall–Kier alpha value is -1.29. The maximum atomic E-state index is 5.35. The number of hydrogen-bond donors (Lipinski definition) is 0. The molecule has 0 saturated carbocycles. The Morgan fingerprint density at radius 2 is 2.00 bits per heavy atom. The van der Waals surface area contributed by atoms with Crippen LogP contribution < -0.4 is 0 Å². The van der Waals surface area contributed by atoms with Crippen molar-refractivity contribution in [1.29, 1.82) is 0 Å². The summed E-state index contributed by atoms with van der Waals surface area (Å²) in [6, 6.07) is 10.6. The number of hydrogen-bond acceptors (Lipinski definition) is 4. The van der Waals surface area contributed by atoms with Crippen molar-refractivity contribution in [3.63, 3.8) is 0 Å². The van der Waals surface area contributed by atoms with Crippen molar-refractivity contribution in [3.05, 3.63) is 47.7 Å². The van der Waals surface area contributed by atoms with E-state index in [-0.39, 0.29) is 0 Å². The summed E-state index contributed by atoms with van der Waals surface area (Å²) in [5.74, 6) is 2.17. The molecular weight excluding hydrogens is 244 g/mol. The number of nitrogens with zero attached hydrogens (tertiary/aromatic N) is 2. The van der Waals surface area contributed by atoms with Gasteiger partial charge < -0.3 is 4.42 Å². The summed E-state index contributed by atoms with van der Waals surface area (Å²) in [5, 5.41) is 8.42. The van der Waals surface area contributed by atoms with E-state index >= 15 is 0 Å². The molecule has 0 aliphatic carbocycles. The second-order valence-corrected chi connectivity index (χ2v) is 5.79. The molecular formula is C14H18N2OS. The third kappa shape index (κ3) is 4.18. The van der Waals surface area contributed by atoms with Gasteiger partial charge in [0.2, 0.25) is 11.8 Å². The van der Waals surface area contributed by atoms with Gasteiger partial charge in [-0.3, -0.25) is 0 Å². The van der Waals surface area contributed by atoms with E-state index in [1.54, 1.807) is 0 Å². The van der Waals surface area contributed by atoms with E-state index < -0.39 is 0 Å². The molecule has 1 aromatic carbocycles. The molecule has 4 heteroatoms. The molecule has 0 unspecified atom stereocenters. The molecule has 2 rings (SSSR count). The third-order valence-corrected chi connectivity index (χ3v) is 3.96. The molecule has 0 fully saturated rings. The number of thioether (sulfide) groups is 1. The molecule has 1 aromatic heterocycles. The first-order valence-corrected chi connectivity index (χ1v) is 7.23. The van der Waals surface area contributed by atoms with Crippen molar-refractivity contribution >= 4 is 11.8 Å². The lowest BCUT2D eigenvalue weighted by molar-refractivity contribution is 0.485. The van der Waals surface area contributed by atoms with Crippen LogP contribution in [0.25, 0.3) is 0 Å². The molecule has 2 aromatic rings. The lowest BCUT2D eigenvalue weighted by Crippen LogP contribution is -1.99. The molecule has 0 radical (unpaired) electrons. The van der Waals surface area contributed by atoms with Crippen molar-refractivity contribution < 1.29 is 4.42 Å². The minimum Gasteiger partial charge on any atom is -0.425 e. The van der Waals surface area contributed by atoms with Crippen LogP contribution in [-0.2, 0) is 12.2 Å². The first-order valence-electron chi connectivity index (χ1n) is 6.18. The van der Waals surface area contributed by atoms with Gasteiger partial charge in [0.05, 0.1) is 5.75 Å². The minimum absolute atomic E-state index is 0.595. The van der Waals surface area contributed by atoms with Gasteiger partial charge in [0.15, 0.2) is 0 Å². The highest BCUT2D eigenvalue weighted by Gasteiger charge is 2.07. The number of aromatic nitrogens is 2. The first kappa shape index (κ1) is 13.1. The largest absolute Gasteiger partial charge is 0.425 e. The van der Waals surface area contributed by atoms with E-state index in [0.717, 1.165) is 18.1 Å². The van der Waals surface area contributed by atoms with Crippen LogP contribution in [0.15, 0.2) is 34.7 Å². The van der Waals surface area contributed by atoms with Crippen molar-refractivity contribution in [2.45, 2.75) is 37.7 Å². The number of benzene rings is 1. The van der Waals surface area contributed by atoms with Crippen LogP contribution in [-0.4, -0.2) is 15.4 Å². The van der Waals surface area contributed by atoms with E-state index in [0.29, 0.717) is 11.1 Å². The van der Waals surface area contributed by atoms with E-state index in [4.69, 9.17) is 4.42 Å². The summed E-state index contributed by atoms with van der Waals surface area (Å²) in [6.45, 7) is 4.07. The maximum Gasteiger partial charge on any atom is 0.226 e. The second kappa shape index (κ2) is 6.59. The molecule has 3 nitrogen and oxygen atoms in total. The minimum atomic E-state index is 0.595. The van der Waals surface area contributed by atoms with Crippen molar-refractivity contribution in [3.8, 4) is 0 Å². The lowest BCUT2D eigenvalue weighted by atomic mass is 10.1. The molecule has 1 atom stereocenters. The highest BCUT2D eigenvalue weighted by atomic mass is 32.2. The standard InChI is InChI=1S/C14H18N2OS/c1-11(8-9-13-6-4-3-5-7-13)18-10-14-16-15-12(2)17-14/h3-7,11H,8-10H2,1-2H3/t11-/m1/s1. The average molecular weight is 262 g/mol. The SMILES string of the molecule is Cc1nnc(CS[C@H](C)CCc2ccccc2)o1. The molecule has 0 aliphatic rings. The average Bonchev–Trinajstić information content (AvgIpc) is 2.81. The van der Waals surface area contributed by atoms with Gasteiger partial charge in [0.1, 0.15) is 0 Å². The van der Waals surface area contributed by atoms with E-state index in [9.17, 15) is 0 Å². The predicted molar refractivity (Wildman–Crippen MR) is 74.6 cm³/mol. The van der Waals surface area contributed by atoms with Crippen molar-refractivity contribution in [2.24, 2.45) is 0 Å². The van der Waals surface area contributed by atoms with Crippen LogP contribution in [0.3, 0.4) is 0 Å². The molecule has 0 spiro atoms. The quantitative estimate of drug-likeness (QED) is 0.797. The fourth-order valence-corrected chi connectivity index (χ4v) is 2.54. The summed E-state index contributed by atoms with van der Waals surface area (Å²) >= 11 is 1.87. The maximum absolute atomic E-state index is 5.35. The Labute approximate surface area is 112 Å². The van der Waals surface area contributed by atoms with Crippen LogP contribution in [0.2, 0.25) is 0 Å². The van der Waals surface area contributed by atoms with Crippen LogP contribution in [0.4, 0.5) is 0 Å². The van der Waals surface area contributed by atoms with Crippen LogP contribution in [0, 0.1) is 6.92 Å². The second-order valence-electron chi connectivity index (χ2n) is 4.36. The highest BCUT2D eigenvalue weighted by molar-refractivity contribution is 7.99. The van der Waals surface area contributed by atoms with Crippen LogP contribution >= 0.6 is 11.8 Å². The zero-order valence-corrected chi connectivity index (χ0v) is 11.6. The van der Waals surface area contributed by atoms with Gasteiger partial charge in [-0.05, 0) is 18.4 Å². The van der Waals surface area contributed by atoms with Gasteiger partial charge in [-0.15, -0.1) is 22.0 Å². The van der Waals surface area contributed by atoms with Crippen LogP contribution in [0.1, 0.15) is 30.7 Å². The Morgan fingerprint density at radius 1 is 1.22 bits per heavy atom. The zero-order chi connectivity index (χ0) is 12.8. The molecule has 0 aliphatic heterocycles. The van der Waals surface area contributed by atoms with Gasteiger partial charge in [-0.25, -0.2) is 0 Å². The molecule has 1 heterocycles. The molecule has 0 N–H and O–H groups in total. The zero-order valence-electron chi connectivity index (χ0n) is 10.8. The summed E-state index contributed by atoms with van der Waals surface area (Å²) < 4.78 is 5.35. The third-order valence-electron chi connectivity index (χ3n) is 2.74. The van der Waals surface area contributed by atoms with Gasteiger partial charge in [0, 0.05) is 12.2 Å². The van der Waals surface area contributed by atoms with Crippen molar-refractivity contribution in [2.75, 3.05) is 0 Å². The van der Waals surface area contributed by atoms with E-state index in [1.165, 1.54) is 12.0 Å². The highest BCUT2D eigenvalue weighted by Crippen LogP contribution is 2.20. The molecule has 96 valence electrons. The van der Waals surface area contributed by atoms with Gasteiger partial charge in [-0.1, -0.05) is 37.3 Å². The Kier molecular flexibility index (Phi) is 4.81. The Balaban J connectivity index is 1.71. The van der Waals surface area contributed by atoms with E-state index in [1.807, 2.05) is 18.7 Å². The fraction of sp³-hybridized carbons (Fsp3) is 0.429. The first-order chi connectivity index (χ1) is 8.74. The number of rotatable bonds is 6. The monoisotopic (exact) mass is 262 g/mol. The summed E-state index contributed by atoms with van der Waals surface area (Å²) in [6.07, 6.45) is 2.29. The molecule has 18 heavy (non-hydrogen) atoms. The normalized spacial score (nSPS) is 12.6. The topological polar surface area (TPSA) is 38.9 Å². The molecule has 0 amide bonds. The van der Waals surface area contributed by atoms with Gasteiger partial charge in [0.25, 0.3) is 0 Å². The Bertz CT molecular complexity index is 470. The number of aryl methyl sites for hydroxylation is 2. The molecule has 0 saturated heterocycles. The fourth-order valence-electron chi connectivity index (χ4n) is 1.71. The van der Waals surface area contributed by atoms with Crippen LogP contribution in [0.5, 0.6) is 0 Å². The summed E-state index contributed by atoms with van der Waals surface area (Å²) in [4.78, 5) is 0. The van der Waals surface area contributed by atoms with E-state index in [2.05, 4.69) is 47.5 Å². The van der Waals surface area contributed by atoms with Gasteiger partial charge >= 0.3 is 0 Å². The Morgan fingerprint density at radius 3 is 2.67 bits per heavy atom. The lowest BCUT2D eigenvalue weighted by Gasteiger charge is -2.09.